The molecule has 2 aromatic rings. The molecule has 0 aromatic carbocycles. The summed E-state index contributed by atoms with van der Waals surface area (Å²) in [6.45, 7) is 4.04. The maximum Gasteiger partial charge on any atom is 0.309 e. The number of amides is 1. The topological polar surface area (TPSA) is 79.3 Å². The fraction of sp³-hybridized carbons (Fsp3) is 0.308. The van der Waals surface area contributed by atoms with Gasteiger partial charge in [-0.3, -0.25) is 14.9 Å². The Balaban J connectivity index is 2.07. The number of carbonyl (C=O) groups excluding carboxylic acids is 1. The molecule has 0 saturated carbocycles. The summed E-state index contributed by atoms with van der Waals surface area (Å²) in [5, 5.41) is 13.4. The minimum atomic E-state index is -0.936. The number of aromatic nitrogens is 1. The third-order valence-electron chi connectivity index (χ3n) is 2.67. The number of hydrogen-bond donors (Lipinski definition) is 2. The average molecular weight is 310 g/mol. The largest absolute Gasteiger partial charge is 0.481 e. The van der Waals surface area contributed by atoms with Gasteiger partial charge < -0.3 is 5.11 Å². The summed E-state index contributed by atoms with van der Waals surface area (Å²) < 4.78 is 0. The number of aryl methyl sites for hydroxylation is 2. The van der Waals surface area contributed by atoms with Crippen LogP contribution >= 0.6 is 22.7 Å². The van der Waals surface area contributed by atoms with E-state index in [1.54, 1.807) is 5.38 Å². The summed E-state index contributed by atoms with van der Waals surface area (Å²) in [6.07, 6.45) is 0.772. The molecule has 0 aliphatic rings. The lowest BCUT2D eigenvalue weighted by Crippen LogP contribution is -2.10. The van der Waals surface area contributed by atoms with Gasteiger partial charge in [-0.25, -0.2) is 4.98 Å². The molecule has 0 aliphatic heterocycles. The predicted octanol–water partition coefficient (Wildman–Crippen LogP) is 2.95. The summed E-state index contributed by atoms with van der Waals surface area (Å²) in [4.78, 5) is 28.6. The number of carbonyl (C=O) groups is 2. The van der Waals surface area contributed by atoms with Crippen LogP contribution in [0.15, 0.2) is 11.4 Å². The fourth-order valence-electron chi connectivity index (χ4n) is 1.74. The molecule has 0 spiro atoms. The van der Waals surface area contributed by atoms with Crippen molar-refractivity contribution < 1.29 is 14.7 Å². The van der Waals surface area contributed by atoms with E-state index >= 15 is 0 Å². The van der Waals surface area contributed by atoms with E-state index in [0.717, 1.165) is 12.0 Å². The number of carboxylic acids is 1. The van der Waals surface area contributed by atoms with Gasteiger partial charge in [-0.15, -0.1) is 22.7 Å². The van der Waals surface area contributed by atoms with Crippen molar-refractivity contribution >= 4 is 39.7 Å². The summed E-state index contributed by atoms with van der Waals surface area (Å²) in [5.74, 6) is -1.14. The van der Waals surface area contributed by atoms with Gasteiger partial charge in [-0.2, -0.15) is 0 Å². The number of thiazole rings is 1. The highest BCUT2D eigenvalue weighted by Gasteiger charge is 2.14. The van der Waals surface area contributed by atoms with Gasteiger partial charge in [0.25, 0.3) is 5.91 Å². The number of aliphatic carboxylic acids is 1. The molecule has 0 radical (unpaired) electrons. The normalized spacial score (nSPS) is 10.5. The van der Waals surface area contributed by atoms with Gasteiger partial charge in [0.15, 0.2) is 5.13 Å². The first kappa shape index (κ1) is 14.7. The average Bonchev–Trinajstić information content (AvgIpc) is 2.95. The van der Waals surface area contributed by atoms with Gasteiger partial charge in [0, 0.05) is 10.3 Å². The van der Waals surface area contributed by atoms with Crippen LogP contribution in [0.1, 0.15) is 32.7 Å². The number of nitrogens with zero attached hydrogens (tertiary/aromatic N) is 1. The zero-order valence-corrected chi connectivity index (χ0v) is 12.7. The van der Waals surface area contributed by atoms with E-state index in [-0.39, 0.29) is 12.3 Å². The number of hydrogen-bond acceptors (Lipinski definition) is 5. The number of carboxylic acid groups (broad SMARTS) is 1. The summed E-state index contributed by atoms with van der Waals surface area (Å²) in [5.41, 5.74) is 1.57. The van der Waals surface area contributed by atoms with E-state index < -0.39 is 5.97 Å². The maximum absolute atomic E-state index is 12.1. The zero-order valence-electron chi connectivity index (χ0n) is 11.1. The molecule has 2 N–H and O–H groups in total. The first-order valence-electron chi connectivity index (χ1n) is 6.06. The van der Waals surface area contributed by atoms with Crippen LogP contribution in [0.25, 0.3) is 0 Å². The van der Waals surface area contributed by atoms with Gasteiger partial charge in [-0.05, 0) is 25.0 Å². The van der Waals surface area contributed by atoms with Crippen molar-refractivity contribution in [2.75, 3.05) is 5.32 Å². The van der Waals surface area contributed by atoms with Crippen molar-refractivity contribution in [2.45, 2.75) is 26.7 Å². The van der Waals surface area contributed by atoms with Crippen molar-refractivity contribution in [1.29, 1.82) is 0 Å². The first-order valence-corrected chi connectivity index (χ1v) is 7.76. The Morgan fingerprint density at radius 1 is 1.45 bits per heavy atom. The van der Waals surface area contributed by atoms with E-state index in [0.29, 0.717) is 15.7 Å². The summed E-state index contributed by atoms with van der Waals surface area (Å²) >= 11 is 2.70. The molecule has 1 amide bonds. The second-order valence-corrected chi connectivity index (χ2v) is 6.23. The molecule has 0 unspecified atom stereocenters. The van der Waals surface area contributed by atoms with Gasteiger partial charge in [-0.1, -0.05) is 6.92 Å². The Morgan fingerprint density at radius 2 is 2.20 bits per heavy atom. The van der Waals surface area contributed by atoms with Crippen molar-refractivity contribution in [3.63, 3.8) is 0 Å². The minimum absolute atomic E-state index is 0.134. The third kappa shape index (κ3) is 3.43. The van der Waals surface area contributed by atoms with Crippen molar-refractivity contribution in [1.82, 2.24) is 4.98 Å². The quantitative estimate of drug-likeness (QED) is 0.890. The van der Waals surface area contributed by atoms with E-state index in [1.165, 1.54) is 27.6 Å². The van der Waals surface area contributed by atoms with Crippen LogP contribution in [0.3, 0.4) is 0 Å². The molecular formula is C13H14N2O3S2. The third-order valence-corrected chi connectivity index (χ3v) is 4.86. The molecule has 7 heteroatoms. The summed E-state index contributed by atoms with van der Waals surface area (Å²) in [7, 11) is 0. The Kier molecular flexibility index (Phi) is 4.51. The number of rotatable bonds is 5. The van der Waals surface area contributed by atoms with E-state index in [4.69, 9.17) is 5.11 Å². The SMILES string of the molecule is CCc1sc(C(=O)Nc2nc(CC(=O)O)cs2)cc1C. The van der Waals surface area contributed by atoms with E-state index in [2.05, 4.69) is 17.2 Å². The van der Waals surface area contributed by atoms with Gasteiger partial charge in [0.1, 0.15) is 0 Å². The number of anilines is 1. The molecule has 0 saturated heterocycles. The van der Waals surface area contributed by atoms with Crippen LogP contribution in [0.2, 0.25) is 0 Å². The lowest BCUT2D eigenvalue weighted by Gasteiger charge is -1.97. The summed E-state index contributed by atoms with van der Waals surface area (Å²) in [6, 6.07) is 1.87. The Bertz CT molecular complexity index is 646. The molecule has 106 valence electrons. The first-order chi connectivity index (χ1) is 9.49. The van der Waals surface area contributed by atoms with Crippen molar-refractivity contribution in [3.8, 4) is 0 Å². The lowest BCUT2D eigenvalue weighted by atomic mass is 10.2. The Morgan fingerprint density at radius 3 is 2.80 bits per heavy atom. The predicted molar refractivity (Wildman–Crippen MR) is 79.8 cm³/mol. The molecule has 2 rings (SSSR count). The second-order valence-electron chi connectivity index (χ2n) is 4.24. The van der Waals surface area contributed by atoms with Crippen LogP contribution in [0.5, 0.6) is 0 Å². The van der Waals surface area contributed by atoms with Crippen LogP contribution in [0.4, 0.5) is 5.13 Å². The van der Waals surface area contributed by atoms with E-state index in [9.17, 15) is 9.59 Å². The van der Waals surface area contributed by atoms with Gasteiger partial charge in [0.05, 0.1) is 17.0 Å². The molecule has 2 heterocycles. The Hall–Kier alpha value is -1.73. The second kappa shape index (κ2) is 6.15. The maximum atomic E-state index is 12.1. The lowest BCUT2D eigenvalue weighted by molar-refractivity contribution is -0.136. The molecule has 0 fully saturated rings. The van der Waals surface area contributed by atoms with Crippen molar-refractivity contribution in [3.05, 3.63) is 32.5 Å². The highest BCUT2D eigenvalue weighted by molar-refractivity contribution is 7.15. The van der Waals surface area contributed by atoms with Gasteiger partial charge in [0.2, 0.25) is 0 Å². The molecule has 2 aromatic heterocycles. The number of nitrogens with one attached hydrogen (secondary N) is 1. The fourth-order valence-corrected chi connectivity index (χ4v) is 3.46. The standard InChI is InChI=1S/C13H14N2O3S2/c1-3-9-7(2)4-10(20-9)12(18)15-13-14-8(6-19-13)5-11(16)17/h4,6H,3,5H2,1-2H3,(H,16,17)(H,14,15,18). The number of thiophene rings is 1. The highest BCUT2D eigenvalue weighted by atomic mass is 32.1. The zero-order chi connectivity index (χ0) is 14.7. The highest BCUT2D eigenvalue weighted by Crippen LogP contribution is 2.24. The Labute approximate surface area is 124 Å². The minimum Gasteiger partial charge on any atom is -0.481 e. The van der Waals surface area contributed by atoms with Crippen LogP contribution < -0.4 is 5.32 Å². The van der Waals surface area contributed by atoms with Crippen LogP contribution in [-0.2, 0) is 17.6 Å². The monoisotopic (exact) mass is 310 g/mol. The van der Waals surface area contributed by atoms with E-state index in [1.807, 2.05) is 13.0 Å². The van der Waals surface area contributed by atoms with Gasteiger partial charge >= 0.3 is 5.97 Å². The molecule has 5 nitrogen and oxygen atoms in total. The molecule has 0 atom stereocenters. The molecule has 20 heavy (non-hydrogen) atoms. The van der Waals surface area contributed by atoms with Crippen LogP contribution in [-0.4, -0.2) is 22.0 Å². The van der Waals surface area contributed by atoms with Crippen LogP contribution in [0, 0.1) is 6.92 Å². The van der Waals surface area contributed by atoms with Crippen molar-refractivity contribution in [2.24, 2.45) is 0 Å². The molecule has 0 aliphatic carbocycles. The molecule has 0 bridgehead atoms. The smallest absolute Gasteiger partial charge is 0.309 e. The molecular weight excluding hydrogens is 296 g/mol.